The van der Waals surface area contributed by atoms with Crippen LogP contribution in [-0.2, 0) is 11.2 Å². The summed E-state index contributed by atoms with van der Waals surface area (Å²) in [4.78, 5) is 32.9. The lowest BCUT2D eigenvalue weighted by Gasteiger charge is -2.28. The van der Waals surface area contributed by atoms with Crippen LogP contribution in [0.3, 0.4) is 0 Å². The highest BCUT2D eigenvalue weighted by molar-refractivity contribution is 5.76. The van der Waals surface area contributed by atoms with E-state index in [-0.39, 0.29) is 18.0 Å². The van der Waals surface area contributed by atoms with Crippen LogP contribution < -0.4 is 5.32 Å². The largest absolute Gasteiger partial charge is 0.339 e. The van der Waals surface area contributed by atoms with E-state index in [1.165, 1.54) is 19.3 Å². The first-order valence-electron chi connectivity index (χ1n) is 10.8. The van der Waals surface area contributed by atoms with Gasteiger partial charge < -0.3 is 19.6 Å². The zero-order valence-corrected chi connectivity index (χ0v) is 16.7. The summed E-state index contributed by atoms with van der Waals surface area (Å²) in [6, 6.07) is 0.393. The molecule has 3 aliphatic rings. The monoisotopic (exact) mass is 389 g/mol. The number of amides is 3. The molecular weight excluding hydrogens is 358 g/mol. The molecule has 28 heavy (non-hydrogen) atoms. The summed E-state index contributed by atoms with van der Waals surface area (Å²) in [5.74, 6) is 1.87. The van der Waals surface area contributed by atoms with Gasteiger partial charge in [-0.1, -0.05) is 24.4 Å². The summed E-state index contributed by atoms with van der Waals surface area (Å²) in [5.41, 5.74) is 0. The van der Waals surface area contributed by atoms with Crippen molar-refractivity contribution in [3.8, 4) is 0 Å². The average molecular weight is 390 g/mol. The fourth-order valence-corrected chi connectivity index (χ4v) is 4.52. The summed E-state index contributed by atoms with van der Waals surface area (Å²) in [6.07, 6.45) is 9.44. The minimum atomic E-state index is 0.0150. The van der Waals surface area contributed by atoms with Crippen molar-refractivity contribution in [1.82, 2.24) is 25.3 Å². The molecule has 1 atom stereocenters. The molecule has 8 heteroatoms. The molecule has 3 fully saturated rings. The van der Waals surface area contributed by atoms with E-state index < -0.39 is 0 Å². The number of hydrogen-bond donors (Lipinski definition) is 1. The van der Waals surface area contributed by atoms with Crippen molar-refractivity contribution in [2.24, 2.45) is 0 Å². The fraction of sp³-hybridized carbons (Fsp3) is 0.800. The Morgan fingerprint density at radius 3 is 2.64 bits per heavy atom. The third-order valence-electron chi connectivity index (χ3n) is 6.49. The van der Waals surface area contributed by atoms with Gasteiger partial charge in [0.2, 0.25) is 11.8 Å². The first kappa shape index (κ1) is 19.2. The van der Waals surface area contributed by atoms with E-state index in [2.05, 4.69) is 15.5 Å². The Balaban J connectivity index is 1.28. The first-order valence-corrected chi connectivity index (χ1v) is 10.8. The van der Waals surface area contributed by atoms with Crippen LogP contribution in [0.5, 0.6) is 0 Å². The van der Waals surface area contributed by atoms with Crippen LogP contribution >= 0.6 is 0 Å². The Morgan fingerprint density at radius 2 is 1.96 bits per heavy atom. The van der Waals surface area contributed by atoms with Crippen LogP contribution in [0.4, 0.5) is 4.79 Å². The maximum atomic E-state index is 12.5. The number of nitrogens with zero attached hydrogens (tertiary/aromatic N) is 4. The molecule has 1 aliphatic heterocycles. The predicted molar refractivity (Wildman–Crippen MR) is 103 cm³/mol. The van der Waals surface area contributed by atoms with Gasteiger partial charge in [0.1, 0.15) is 0 Å². The molecule has 4 rings (SSSR count). The lowest BCUT2D eigenvalue weighted by atomic mass is 9.85. The molecule has 2 saturated carbocycles. The van der Waals surface area contributed by atoms with E-state index >= 15 is 0 Å². The summed E-state index contributed by atoms with van der Waals surface area (Å²) < 4.78 is 5.37. The number of nitrogens with one attached hydrogen (secondary N) is 1. The van der Waals surface area contributed by atoms with Crippen LogP contribution in [0.25, 0.3) is 0 Å². The van der Waals surface area contributed by atoms with Crippen molar-refractivity contribution in [3.63, 3.8) is 0 Å². The van der Waals surface area contributed by atoms with Gasteiger partial charge in [-0.15, -0.1) is 0 Å². The second-order valence-electron chi connectivity index (χ2n) is 8.46. The molecule has 1 saturated heterocycles. The van der Waals surface area contributed by atoms with Gasteiger partial charge in [-0.25, -0.2) is 4.79 Å². The molecule has 0 aromatic carbocycles. The van der Waals surface area contributed by atoms with Crippen LogP contribution in [0.1, 0.15) is 75.9 Å². The third-order valence-corrected chi connectivity index (χ3v) is 6.49. The smallest absolute Gasteiger partial charge is 0.317 e. The van der Waals surface area contributed by atoms with E-state index in [1.807, 2.05) is 9.80 Å². The van der Waals surface area contributed by atoms with E-state index in [1.54, 1.807) is 6.92 Å². The highest BCUT2D eigenvalue weighted by Crippen LogP contribution is 2.35. The first-order chi connectivity index (χ1) is 13.6. The topological polar surface area (TPSA) is 91.6 Å². The minimum Gasteiger partial charge on any atom is -0.339 e. The maximum Gasteiger partial charge on any atom is 0.317 e. The predicted octanol–water partition coefficient (Wildman–Crippen LogP) is 2.45. The van der Waals surface area contributed by atoms with E-state index in [9.17, 15) is 9.59 Å². The van der Waals surface area contributed by atoms with Crippen LogP contribution in [0.15, 0.2) is 4.52 Å². The van der Waals surface area contributed by atoms with Crippen LogP contribution in [0, 0.1) is 0 Å². The molecule has 1 aromatic heterocycles. The van der Waals surface area contributed by atoms with Gasteiger partial charge in [0.05, 0.1) is 6.04 Å². The number of aromatic nitrogens is 2. The van der Waals surface area contributed by atoms with Gasteiger partial charge in [0.15, 0.2) is 5.82 Å². The quantitative estimate of drug-likeness (QED) is 0.807. The zero-order chi connectivity index (χ0) is 19.5. The molecule has 1 aromatic rings. The van der Waals surface area contributed by atoms with Crippen molar-refractivity contribution in [1.29, 1.82) is 0 Å². The highest BCUT2D eigenvalue weighted by atomic mass is 16.5. The Labute approximate surface area is 166 Å². The molecule has 2 heterocycles. The second-order valence-corrected chi connectivity index (χ2v) is 8.46. The second kappa shape index (κ2) is 8.49. The summed E-state index contributed by atoms with van der Waals surface area (Å²) in [7, 11) is 0. The molecule has 3 amide bonds. The number of urea groups is 1. The van der Waals surface area contributed by atoms with Gasteiger partial charge in [-0.2, -0.15) is 4.98 Å². The van der Waals surface area contributed by atoms with Crippen LogP contribution in [0.2, 0.25) is 0 Å². The van der Waals surface area contributed by atoms with Gasteiger partial charge in [-0.3, -0.25) is 4.79 Å². The Kier molecular flexibility index (Phi) is 5.82. The van der Waals surface area contributed by atoms with Crippen molar-refractivity contribution in [2.75, 3.05) is 19.6 Å². The maximum absolute atomic E-state index is 12.5. The molecule has 1 unspecified atom stereocenters. The van der Waals surface area contributed by atoms with E-state index in [0.717, 1.165) is 38.0 Å². The van der Waals surface area contributed by atoms with Crippen molar-refractivity contribution in [2.45, 2.75) is 82.7 Å². The zero-order valence-electron chi connectivity index (χ0n) is 16.7. The van der Waals surface area contributed by atoms with E-state index in [0.29, 0.717) is 43.8 Å². The summed E-state index contributed by atoms with van der Waals surface area (Å²) in [6.45, 7) is 3.44. The molecule has 154 valence electrons. The van der Waals surface area contributed by atoms with Crippen molar-refractivity contribution in [3.05, 3.63) is 11.7 Å². The molecule has 0 bridgehead atoms. The number of carbonyl (C=O) groups is 2. The normalized spacial score (nSPS) is 23.0. The standard InChI is InChI=1S/C20H31N5O3/c1-14(26)25(12-10-18-22-19(28-23-18)15-5-4-6-15)17-9-11-24(13-17)20(27)21-16-7-2-3-8-16/h15-17H,2-13H2,1H3,(H,21,27). The number of carbonyl (C=O) groups excluding carboxylic acids is 2. The van der Waals surface area contributed by atoms with Gasteiger partial charge in [0.25, 0.3) is 0 Å². The minimum absolute atomic E-state index is 0.0150. The molecule has 0 radical (unpaired) electrons. The SMILES string of the molecule is CC(=O)N(CCc1noc(C2CCC2)n1)C1CCN(C(=O)NC2CCCC2)C1. The number of likely N-dealkylation sites (tertiary alicyclic amines) is 1. The molecular formula is C20H31N5O3. The molecule has 0 spiro atoms. The van der Waals surface area contributed by atoms with Crippen molar-refractivity contribution >= 4 is 11.9 Å². The Bertz CT molecular complexity index is 696. The summed E-state index contributed by atoms with van der Waals surface area (Å²) in [5, 5.41) is 7.22. The lowest BCUT2D eigenvalue weighted by molar-refractivity contribution is -0.130. The van der Waals surface area contributed by atoms with Crippen molar-refractivity contribution < 1.29 is 14.1 Å². The lowest BCUT2D eigenvalue weighted by Crippen LogP contribution is -2.46. The molecule has 1 N–H and O–H groups in total. The Morgan fingerprint density at radius 1 is 1.18 bits per heavy atom. The molecule has 2 aliphatic carbocycles. The molecule has 8 nitrogen and oxygen atoms in total. The highest BCUT2D eigenvalue weighted by Gasteiger charge is 2.33. The number of hydrogen-bond acceptors (Lipinski definition) is 5. The van der Waals surface area contributed by atoms with Gasteiger partial charge in [-0.05, 0) is 32.1 Å². The van der Waals surface area contributed by atoms with Gasteiger partial charge in [0, 0.05) is 44.9 Å². The Hall–Kier alpha value is -2.12. The number of rotatable bonds is 6. The summed E-state index contributed by atoms with van der Waals surface area (Å²) >= 11 is 0. The van der Waals surface area contributed by atoms with Crippen LogP contribution in [-0.4, -0.2) is 63.6 Å². The van der Waals surface area contributed by atoms with E-state index in [4.69, 9.17) is 4.52 Å². The third kappa shape index (κ3) is 4.31. The fourth-order valence-electron chi connectivity index (χ4n) is 4.52. The van der Waals surface area contributed by atoms with Gasteiger partial charge >= 0.3 is 6.03 Å². The average Bonchev–Trinajstić information content (AvgIpc) is 3.35.